The zero-order chi connectivity index (χ0) is 8.84. The van der Waals surface area contributed by atoms with Gasteiger partial charge in [-0.1, -0.05) is 17.9 Å². The highest BCUT2D eigenvalue weighted by Crippen LogP contribution is 2.39. The van der Waals surface area contributed by atoms with Gasteiger partial charge in [0.25, 0.3) is 0 Å². The van der Waals surface area contributed by atoms with Crippen molar-refractivity contribution in [1.29, 1.82) is 0 Å². The van der Waals surface area contributed by atoms with Gasteiger partial charge in [0.1, 0.15) is 0 Å². The molecule has 1 aromatic rings. The minimum Gasteiger partial charge on any atom is -0.338 e. The van der Waals surface area contributed by atoms with E-state index >= 15 is 0 Å². The van der Waals surface area contributed by atoms with Crippen molar-refractivity contribution >= 4 is 5.95 Å². The van der Waals surface area contributed by atoms with Crippen LogP contribution in [0.5, 0.6) is 0 Å². The van der Waals surface area contributed by atoms with Gasteiger partial charge in [-0.15, -0.1) is 0 Å². The first-order chi connectivity index (χ1) is 6.38. The van der Waals surface area contributed by atoms with Crippen LogP contribution in [0.3, 0.4) is 0 Å². The van der Waals surface area contributed by atoms with E-state index in [-0.39, 0.29) is 0 Å². The highest BCUT2D eigenvalue weighted by molar-refractivity contribution is 5.35. The number of anilines is 1. The summed E-state index contributed by atoms with van der Waals surface area (Å²) in [5, 5.41) is 11.8. The maximum atomic E-state index is 4.05. The van der Waals surface area contributed by atoms with Gasteiger partial charge in [0.05, 0.1) is 12.1 Å². The van der Waals surface area contributed by atoms with Crippen molar-refractivity contribution in [1.82, 2.24) is 20.2 Å². The summed E-state index contributed by atoms with van der Waals surface area (Å²) in [4.78, 5) is 2.23. The molecule has 0 radical (unpaired) electrons. The number of rotatable bonds is 0. The van der Waals surface area contributed by atoms with Gasteiger partial charge >= 0.3 is 0 Å². The molecule has 1 aromatic heterocycles. The monoisotopic (exact) mass is 179 g/mol. The van der Waals surface area contributed by atoms with Crippen LogP contribution in [0.15, 0.2) is 0 Å². The Labute approximate surface area is 76.7 Å². The van der Waals surface area contributed by atoms with Crippen LogP contribution in [0, 0.1) is 0 Å². The van der Waals surface area contributed by atoms with Crippen molar-refractivity contribution in [2.45, 2.75) is 37.8 Å². The summed E-state index contributed by atoms with van der Waals surface area (Å²) in [6.07, 6.45) is 5.15. The Bertz CT molecular complexity index is 320. The summed E-state index contributed by atoms with van der Waals surface area (Å²) in [5.41, 5.74) is 0. The highest BCUT2D eigenvalue weighted by atomic mass is 15.6. The highest BCUT2D eigenvalue weighted by Gasteiger charge is 2.39. The lowest BCUT2D eigenvalue weighted by molar-refractivity contribution is 0.313. The van der Waals surface area contributed by atoms with Gasteiger partial charge in [0, 0.05) is 7.05 Å². The van der Waals surface area contributed by atoms with Gasteiger partial charge in [-0.3, -0.25) is 0 Å². The first-order valence-electron chi connectivity index (χ1n) is 4.88. The van der Waals surface area contributed by atoms with Crippen molar-refractivity contribution in [3.05, 3.63) is 0 Å². The first-order valence-corrected chi connectivity index (χ1v) is 4.88. The lowest BCUT2D eigenvalue weighted by atomic mass is 9.91. The molecule has 5 nitrogen and oxygen atoms in total. The fourth-order valence-corrected chi connectivity index (χ4v) is 2.61. The summed E-state index contributed by atoms with van der Waals surface area (Å²) in [5.74, 6) is 0.942. The molecule has 1 saturated carbocycles. The largest absolute Gasteiger partial charge is 0.338 e. The number of aromatic nitrogens is 4. The van der Waals surface area contributed by atoms with Crippen LogP contribution >= 0.6 is 0 Å². The third-order valence-corrected chi connectivity index (χ3v) is 3.30. The minimum absolute atomic E-state index is 0.531. The molecule has 0 saturated heterocycles. The van der Waals surface area contributed by atoms with Crippen LogP contribution in [-0.2, 0) is 0 Å². The SMILES string of the molecule is CN1c2nnnn2[C@@H]2CCCC[C@@H]21. The Hall–Kier alpha value is -1.13. The van der Waals surface area contributed by atoms with Crippen molar-refractivity contribution in [2.24, 2.45) is 0 Å². The van der Waals surface area contributed by atoms with Crippen LogP contribution in [0.1, 0.15) is 31.7 Å². The van der Waals surface area contributed by atoms with Gasteiger partial charge in [-0.25, -0.2) is 4.68 Å². The van der Waals surface area contributed by atoms with Crippen molar-refractivity contribution in [2.75, 3.05) is 11.9 Å². The summed E-state index contributed by atoms with van der Waals surface area (Å²) >= 11 is 0. The molecule has 2 aliphatic rings. The Morgan fingerprint density at radius 2 is 2.00 bits per heavy atom. The molecular weight excluding hydrogens is 166 g/mol. The fraction of sp³-hybridized carbons (Fsp3) is 0.875. The molecule has 1 fully saturated rings. The quantitative estimate of drug-likeness (QED) is 0.585. The average molecular weight is 179 g/mol. The Kier molecular flexibility index (Phi) is 1.36. The average Bonchev–Trinajstić information content (AvgIpc) is 2.72. The number of tetrazole rings is 1. The Balaban J connectivity index is 2.03. The third kappa shape index (κ3) is 0.842. The van der Waals surface area contributed by atoms with E-state index < -0.39 is 0 Å². The zero-order valence-corrected chi connectivity index (χ0v) is 7.72. The predicted molar refractivity (Wildman–Crippen MR) is 47.5 cm³/mol. The maximum Gasteiger partial charge on any atom is 0.245 e. The van der Waals surface area contributed by atoms with Gasteiger partial charge in [-0.2, -0.15) is 0 Å². The van der Waals surface area contributed by atoms with E-state index in [0.29, 0.717) is 12.1 Å². The van der Waals surface area contributed by atoms with Gasteiger partial charge in [0.15, 0.2) is 0 Å². The number of likely N-dealkylation sites (N-methyl/N-ethyl adjacent to an activating group) is 1. The van der Waals surface area contributed by atoms with Gasteiger partial charge < -0.3 is 4.90 Å². The first kappa shape index (κ1) is 7.29. The van der Waals surface area contributed by atoms with E-state index in [9.17, 15) is 0 Å². The molecule has 0 bridgehead atoms. The predicted octanol–water partition coefficient (Wildman–Crippen LogP) is 0.607. The van der Waals surface area contributed by atoms with Crippen LogP contribution in [0.2, 0.25) is 0 Å². The van der Waals surface area contributed by atoms with Crippen LogP contribution in [-0.4, -0.2) is 33.3 Å². The molecular formula is C8H13N5. The normalized spacial score (nSPS) is 31.6. The summed E-state index contributed by atoms with van der Waals surface area (Å²) < 4.78 is 1.99. The zero-order valence-electron chi connectivity index (χ0n) is 7.72. The second-order valence-corrected chi connectivity index (χ2v) is 3.95. The van der Waals surface area contributed by atoms with Crippen molar-refractivity contribution < 1.29 is 0 Å². The minimum atomic E-state index is 0.531. The van der Waals surface area contributed by atoms with E-state index in [1.807, 2.05) is 4.68 Å². The number of hydrogen-bond donors (Lipinski definition) is 0. The number of nitrogens with zero attached hydrogens (tertiary/aromatic N) is 5. The molecule has 13 heavy (non-hydrogen) atoms. The number of fused-ring (bicyclic) bond motifs is 3. The molecule has 2 atom stereocenters. The molecule has 1 aliphatic carbocycles. The van der Waals surface area contributed by atoms with Crippen molar-refractivity contribution in [3.63, 3.8) is 0 Å². The molecule has 0 N–H and O–H groups in total. The summed E-state index contributed by atoms with van der Waals surface area (Å²) in [7, 11) is 2.10. The Morgan fingerprint density at radius 1 is 1.23 bits per heavy atom. The molecule has 1 aliphatic heterocycles. The van der Waals surface area contributed by atoms with E-state index in [1.165, 1.54) is 25.7 Å². The van der Waals surface area contributed by atoms with Crippen LogP contribution < -0.4 is 4.90 Å². The molecule has 0 unspecified atom stereocenters. The standard InChI is InChI=1S/C8H13N5/c1-12-6-4-2-3-5-7(6)13-8(12)9-10-11-13/h6-7H,2-5H2,1H3/t6-,7+/m0/s1. The van der Waals surface area contributed by atoms with E-state index in [2.05, 4.69) is 27.5 Å². The topological polar surface area (TPSA) is 46.8 Å². The second kappa shape index (κ2) is 2.43. The molecule has 70 valence electrons. The van der Waals surface area contributed by atoms with E-state index in [1.54, 1.807) is 0 Å². The van der Waals surface area contributed by atoms with Crippen LogP contribution in [0.4, 0.5) is 5.95 Å². The van der Waals surface area contributed by atoms with Crippen molar-refractivity contribution in [3.8, 4) is 0 Å². The molecule has 0 amide bonds. The lowest BCUT2D eigenvalue weighted by Crippen LogP contribution is -2.34. The summed E-state index contributed by atoms with van der Waals surface area (Å²) in [6.45, 7) is 0. The number of hydrogen-bond acceptors (Lipinski definition) is 4. The lowest BCUT2D eigenvalue weighted by Gasteiger charge is -2.28. The molecule has 2 heterocycles. The van der Waals surface area contributed by atoms with Gasteiger partial charge in [-0.05, 0) is 23.3 Å². The molecule has 0 spiro atoms. The van der Waals surface area contributed by atoms with Crippen LogP contribution in [0.25, 0.3) is 0 Å². The second-order valence-electron chi connectivity index (χ2n) is 3.95. The van der Waals surface area contributed by atoms with E-state index in [4.69, 9.17) is 0 Å². The smallest absolute Gasteiger partial charge is 0.245 e. The Morgan fingerprint density at radius 3 is 2.85 bits per heavy atom. The summed E-state index contributed by atoms with van der Waals surface area (Å²) in [6, 6.07) is 1.15. The fourth-order valence-electron chi connectivity index (χ4n) is 2.61. The van der Waals surface area contributed by atoms with E-state index in [0.717, 1.165) is 5.95 Å². The van der Waals surface area contributed by atoms with Gasteiger partial charge in [0.2, 0.25) is 5.95 Å². The molecule has 3 rings (SSSR count). The molecule has 0 aromatic carbocycles. The third-order valence-electron chi connectivity index (χ3n) is 3.30. The molecule has 5 heteroatoms. The maximum absolute atomic E-state index is 4.05.